The minimum atomic E-state index is -0.536. The molecule has 0 amide bonds. The van der Waals surface area contributed by atoms with Gasteiger partial charge in [0.05, 0.1) is 12.5 Å². The second kappa shape index (κ2) is 4.18. The predicted molar refractivity (Wildman–Crippen MR) is 49.2 cm³/mol. The second-order valence-electron chi connectivity index (χ2n) is 2.58. The standard InChI is InChI=1S/C8H8N4O2/c1-6-10-7(4-2-3-5-9)8(11-6)12(13)14/h2,4H,3H2,1H3,(H,10,11). The molecule has 0 aliphatic carbocycles. The zero-order chi connectivity index (χ0) is 10.6. The van der Waals surface area contributed by atoms with Crippen LogP contribution in [0, 0.1) is 28.4 Å². The Labute approximate surface area is 80.0 Å². The van der Waals surface area contributed by atoms with E-state index in [0.717, 1.165) is 0 Å². The van der Waals surface area contributed by atoms with Crippen LogP contribution in [0.25, 0.3) is 6.08 Å². The molecule has 0 aliphatic heterocycles. The largest absolute Gasteiger partial charge is 0.358 e. The van der Waals surface area contributed by atoms with Gasteiger partial charge < -0.3 is 10.1 Å². The van der Waals surface area contributed by atoms with E-state index in [1.54, 1.807) is 6.92 Å². The van der Waals surface area contributed by atoms with Gasteiger partial charge in [0.15, 0.2) is 11.5 Å². The van der Waals surface area contributed by atoms with Gasteiger partial charge in [0.1, 0.15) is 0 Å². The zero-order valence-corrected chi connectivity index (χ0v) is 7.52. The quantitative estimate of drug-likeness (QED) is 0.580. The molecule has 1 N–H and O–H groups in total. The third-order valence-electron chi connectivity index (χ3n) is 1.50. The number of allylic oxidation sites excluding steroid dienone is 1. The van der Waals surface area contributed by atoms with Crippen LogP contribution >= 0.6 is 0 Å². The van der Waals surface area contributed by atoms with Crippen LogP contribution in [0.3, 0.4) is 0 Å². The van der Waals surface area contributed by atoms with Gasteiger partial charge in [0.25, 0.3) is 0 Å². The minimum Gasteiger partial charge on any atom is -0.358 e. The third-order valence-corrected chi connectivity index (χ3v) is 1.50. The highest BCUT2D eigenvalue weighted by molar-refractivity contribution is 5.54. The number of hydrogen-bond donors (Lipinski definition) is 1. The van der Waals surface area contributed by atoms with Crippen molar-refractivity contribution in [2.24, 2.45) is 0 Å². The van der Waals surface area contributed by atoms with Crippen molar-refractivity contribution in [1.29, 1.82) is 5.26 Å². The number of rotatable bonds is 3. The SMILES string of the molecule is Cc1nc(C=CCC#N)c([N+](=O)[O-])[nH]1. The van der Waals surface area contributed by atoms with Crippen molar-refractivity contribution >= 4 is 11.9 Å². The third kappa shape index (κ3) is 2.17. The number of H-pyrrole nitrogens is 1. The molecule has 0 saturated carbocycles. The highest BCUT2D eigenvalue weighted by Crippen LogP contribution is 2.16. The molecule has 1 heterocycles. The summed E-state index contributed by atoms with van der Waals surface area (Å²) >= 11 is 0. The van der Waals surface area contributed by atoms with Gasteiger partial charge in [-0.3, -0.25) is 0 Å². The van der Waals surface area contributed by atoms with Crippen LogP contribution in [0.4, 0.5) is 5.82 Å². The molecular weight excluding hydrogens is 184 g/mol. The van der Waals surface area contributed by atoms with Crippen LogP contribution < -0.4 is 0 Å². The molecule has 72 valence electrons. The van der Waals surface area contributed by atoms with Crippen LogP contribution in [-0.2, 0) is 0 Å². The molecular formula is C8H8N4O2. The summed E-state index contributed by atoms with van der Waals surface area (Å²) in [7, 11) is 0. The summed E-state index contributed by atoms with van der Waals surface area (Å²) in [5.41, 5.74) is 0.253. The predicted octanol–water partition coefficient (Wildman–Crippen LogP) is 1.55. The van der Waals surface area contributed by atoms with Crippen LogP contribution in [-0.4, -0.2) is 14.9 Å². The number of aromatic amines is 1. The molecule has 1 rings (SSSR count). The van der Waals surface area contributed by atoms with Crippen molar-refractivity contribution in [1.82, 2.24) is 9.97 Å². The number of nitrogens with zero attached hydrogens (tertiary/aromatic N) is 3. The lowest BCUT2D eigenvalue weighted by molar-refractivity contribution is -0.389. The van der Waals surface area contributed by atoms with Crippen molar-refractivity contribution < 1.29 is 4.92 Å². The first-order valence-electron chi connectivity index (χ1n) is 3.89. The van der Waals surface area contributed by atoms with Crippen molar-refractivity contribution in [3.05, 3.63) is 27.7 Å². The van der Waals surface area contributed by atoms with Gasteiger partial charge >= 0.3 is 5.82 Å². The lowest BCUT2D eigenvalue weighted by Gasteiger charge is -1.89. The van der Waals surface area contributed by atoms with Gasteiger partial charge in [-0.1, -0.05) is 6.08 Å². The first kappa shape index (κ1) is 9.92. The number of nitriles is 1. The summed E-state index contributed by atoms with van der Waals surface area (Å²) in [5, 5.41) is 18.8. The average Bonchev–Trinajstić information content (AvgIpc) is 2.47. The van der Waals surface area contributed by atoms with E-state index in [1.165, 1.54) is 12.2 Å². The van der Waals surface area contributed by atoms with E-state index in [0.29, 0.717) is 5.82 Å². The van der Waals surface area contributed by atoms with E-state index in [4.69, 9.17) is 5.26 Å². The number of aryl methyl sites for hydroxylation is 1. The van der Waals surface area contributed by atoms with Crippen LogP contribution in [0.15, 0.2) is 6.08 Å². The summed E-state index contributed by atoms with van der Waals surface area (Å²) in [5.74, 6) is 0.338. The topological polar surface area (TPSA) is 95.6 Å². The van der Waals surface area contributed by atoms with Crippen molar-refractivity contribution in [2.45, 2.75) is 13.3 Å². The molecule has 0 aliphatic rings. The van der Waals surface area contributed by atoms with E-state index in [2.05, 4.69) is 9.97 Å². The maximum atomic E-state index is 10.5. The summed E-state index contributed by atoms with van der Waals surface area (Å²) in [6.07, 6.45) is 3.20. The molecule has 0 bridgehead atoms. The fourth-order valence-corrected chi connectivity index (χ4v) is 0.976. The molecule has 0 spiro atoms. The first-order chi connectivity index (χ1) is 6.65. The van der Waals surface area contributed by atoms with Crippen molar-refractivity contribution in [2.75, 3.05) is 0 Å². The number of nitrogens with one attached hydrogen (secondary N) is 1. The number of aromatic nitrogens is 2. The van der Waals surface area contributed by atoms with E-state index in [9.17, 15) is 10.1 Å². The van der Waals surface area contributed by atoms with E-state index >= 15 is 0 Å². The lowest BCUT2D eigenvalue weighted by Crippen LogP contribution is -1.90. The molecule has 0 radical (unpaired) electrons. The Morgan fingerprint density at radius 1 is 1.79 bits per heavy atom. The van der Waals surface area contributed by atoms with Crippen molar-refractivity contribution in [3.63, 3.8) is 0 Å². The molecule has 1 aromatic heterocycles. The molecule has 0 unspecified atom stereocenters. The fourth-order valence-electron chi connectivity index (χ4n) is 0.976. The number of imidazole rings is 1. The van der Waals surface area contributed by atoms with Gasteiger partial charge in [-0.25, -0.2) is 9.97 Å². The zero-order valence-electron chi connectivity index (χ0n) is 7.52. The number of hydrogen-bond acceptors (Lipinski definition) is 4. The maximum absolute atomic E-state index is 10.5. The molecule has 14 heavy (non-hydrogen) atoms. The molecule has 6 nitrogen and oxygen atoms in total. The molecule has 0 atom stereocenters. The Morgan fingerprint density at radius 3 is 3.07 bits per heavy atom. The number of nitro groups is 1. The Bertz CT molecular complexity index is 413. The monoisotopic (exact) mass is 192 g/mol. The van der Waals surface area contributed by atoms with Gasteiger partial charge in [0.2, 0.25) is 0 Å². The molecule has 0 fully saturated rings. The molecule has 6 heteroatoms. The smallest absolute Gasteiger partial charge is 0.348 e. The Kier molecular flexibility index (Phi) is 2.97. The van der Waals surface area contributed by atoms with Gasteiger partial charge in [-0.05, 0) is 11.0 Å². The molecule has 0 aromatic carbocycles. The summed E-state index contributed by atoms with van der Waals surface area (Å²) in [6.45, 7) is 1.63. The van der Waals surface area contributed by atoms with Crippen LogP contribution in [0.2, 0.25) is 0 Å². The average molecular weight is 192 g/mol. The summed E-state index contributed by atoms with van der Waals surface area (Å²) in [6, 6.07) is 1.90. The minimum absolute atomic E-state index is 0.142. The Morgan fingerprint density at radius 2 is 2.50 bits per heavy atom. The Hall–Kier alpha value is -2.16. The first-order valence-corrected chi connectivity index (χ1v) is 3.89. The van der Waals surface area contributed by atoms with E-state index < -0.39 is 4.92 Å². The van der Waals surface area contributed by atoms with Crippen LogP contribution in [0.5, 0.6) is 0 Å². The summed E-state index contributed by atoms with van der Waals surface area (Å²) in [4.78, 5) is 16.4. The van der Waals surface area contributed by atoms with E-state index in [1.807, 2.05) is 6.07 Å². The van der Waals surface area contributed by atoms with Gasteiger partial charge in [0, 0.05) is 6.92 Å². The lowest BCUT2D eigenvalue weighted by atomic mass is 10.3. The normalized spacial score (nSPS) is 10.3. The van der Waals surface area contributed by atoms with E-state index in [-0.39, 0.29) is 17.9 Å². The Balaban J connectivity index is 2.96. The molecule has 0 saturated heterocycles. The second-order valence-corrected chi connectivity index (χ2v) is 2.58. The summed E-state index contributed by atoms with van der Waals surface area (Å²) < 4.78 is 0. The molecule has 1 aromatic rings. The van der Waals surface area contributed by atoms with Gasteiger partial charge in [-0.15, -0.1) is 0 Å². The fraction of sp³-hybridized carbons (Fsp3) is 0.250. The maximum Gasteiger partial charge on any atom is 0.348 e. The van der Waals surface area contributed by atoms with Crippen molar-refractivity contribution in [3.8, 4) is 6.07 Å². The van der Waals surface area contributed by atoms with Crippen LogP contribution in [0.1, 0.15) is 17.9 Å². The highest BCUT2D eigenvalue weighted by Gasteiger charge is 2.14. The highest BCUT2D eigenvalue weighted by atomic mass is 16.6. The van der Waals surface area contributed by atoms with Gasteiger partial charge in [-0.2, -0.15) is 5.26 Å².